The second-order valence-corrected chi connectivity index (χ2v) is 8.82. The van der Waals surface area contributed by atoms with Crippen LogP contribution in [0.4, 0.5) is 0 Å². The van der Waals surface area contributed by atoms with Crippen LogP contribution in [-0.4, -0.2) is 80.2 Å². The van der Waals surface area contributed by atoms with E-state index in [1.807, 2.05) is 6.92 Å². The van der Waals surface area contributed by atoms with Gasteiger partial charge in [-0.15, -0.1) is 0 Å². The molecule has 3 rings (SSSR count). The number of carboxylic acid groups (broad SMARTS) is 1. The maximum Gasteiger partial charge on any atom is 0.352 e. The SMILES string of the molecule is C[C@@H](O)[C@H]1C(=O)N2C(C(=O)O)=C(CN(C)CC(=O)CCCc3ccc(O)c(O)c3)[C@H](C)[C@H]12. The molecule has 1 saturated heterocycles. The van der Waals surface area contributed by atoms with E-state index in [1.54, 1.807) is 18.0 Å². The molecular weight excluding hydrogens is 416 g/mol. The van der Waals surface area contributed by atoms with Crippen LogP contribution in [0.2, 0.25) is 0 Å². The highest BCUT2D eigenvalue weighted by atomic mass is 16.4. The molecule has 0 bridgehead atoms. The molecule has 1 fully saturated rings. The Morgan fingerprint density at radius 1 is 1.22 bits per heavy atom. The first-order chi connectivity index (χ1) is 15.0. The molecule has 0 saturated carbocycles. The van der Waals surface area contributed by atoms with Gasteiger partial charge in [-0.1, -0.05) is 13.0 Å². The van der Waals surface area contributed by atoms with E-state index >= 15 is 0 Å². The number of carboxylic acids is 1. The van der Waals surface area contributed by atoms with Crippen LogP contribution < -0.4 is 0 Å². The van der Waals surface area contributed by atoms with Gasteiger partial charge in [0, 0.05) is 18.9 Å². The molecule has 0 aromatic heterocycles. The lowest BCUT2D eigenvalue weighted by Gasteiger charge is -2.46. The first-order valence-electron chi connectivity index (χ1n) is 10.7. The van der Waals surface area contributed by atoms with Gasteiger partial charge in [-0.05, 0) is 50.1 Å². The molecule has 0 aliphatic carbocycles. The molecule has 0 radical (unpaired) electrons. The smallest absolute Gasteiger partial charge is 0.352 e. The summed E-state index contributed by atoms with van der Waals surface area (Å²) >= 11 is 0. The number of aliphatic hydroxyl groups excluding tert-OH is 1. The van der Waals surface area contributed by atoms with Crippen LogP contribution in [0, 0.1) is 11.8 Å². The molecule has 32 heavy (non-hydrogen) atoms. The molecular formula is C23H30N2O7. The summed E-state index contributed by atoms with van der Waals surface area (Å²) in [5.74, 6) is -2.76. The van der Waals surface area contributed by atoms with Crippen LogP contribution in [0.25, 0.3) is 0 Å². The van der Waals surface area contributed by atoms with Crippen molar-refractivity contribution in [2.24, 2.45) is 11.8 Å². The number of aromatic hydroxyl groups is 2. The molecule has 4 atom stereocenters. The summed E-state index contributed by atoms with van der Waals surface area (Å²) in [6, 6.07) is 4.21. The topological polar surface area (TPSA) is 139 Å². The third-order valence-corrected chi connectivity index (χ3v) is 6.37. The number of phenolic OH excluding ortho intramolecular Hbond substituents is 2. The zero-order valence-corrected chi connectivity index (χ0v) is 18.5. The first-order valence-corrected chi connectivity index (χ1v) is 10.7. The number of carbonyl (C=O) groups is 3. The minimum Gasteiger partial charge on any atom is -0.504 e. The number of aliphatic carboxylic acids is 1. The number of carbonyl (C=O) groups excluding carboxylic acids is 2. The van der Waals surface area contributed by atoms with E-state index in [1.165, 1.54) is 24.0 Å². The van der Waals surface area contributed by atoms with Crippen molar-refractivity contribution in [3.05, 3.63) is 35.0 Å². The van der Waals surface area contributed by atoms with E-state index in [4.69, 9.17) is 0 Å². The predicted molar refractivity (Wildman–Crippen MR) is 115 cm³/mol. The first kappa shape index (κ1) is 23.7. The van der Waals surface area contributed by atoms with Crippen molar-refractivity contribution in [2.45, 2.75) is 45.3 Å². The highest BCUT2D eigenvalue weighted by Crippen LogP contribution is 2.47. The van der Waals surface area contributed by atoms with Gasteiger partial charge in [-0.25, -0.2) is 4.79 Å². The number of rotatable bonds is 10. The van der Waals surface area contributed by atoms with E-state index < -0.39 is 18.0 Å². The molecule has 4 N–H and O–H groups in total. The van der Waals surface area contributed by atoms with Gasteiger partial charge < -0.3 is 25.3 Å². The summed E-state index contributed by atoms with van der Waals surface area (Å²) in [5, 5.41) is 38.5. The highest BCUT2D eigenvalue weighted by Gasteiger charge is 2.59. The normalized spacial score (nSPS) is 23.3. The number of hydrogen-bond acceptors (Lipinski definition) is 7. The second kappa shape index (κ2) is 9.30. The Hall–Kier alpha value is -2.91. The lowest BCUT2D eigenvalue weighted by Crippen LogP contribution is -2.63. The van der Waals surface area contributed by atoms with Gasteiger partial charge in [0.1, 0.15) is 11.5 Å². The molecule has 0 spiro atoms. The number of phenols is 2. The predicted octanol–water partition coefficient (Wildman–Crippen LogP) is 1.12. The number of likely N-dealkylation sites (N-methyl/N-ethyl adjacent to an activating group) is 1. The average molecular weight is 447 g/mol. The zero-order chi connectivity index (χ0) is 23.7. The largest absolute Gasteiger partial charge is 0.504 e. The van der Waals surface area contributed by atoms with Gasteiger partial charge in [-0.3, -0.25) is 14.5 Å². The number of β-lactam (4-membered cyclic amide) rings is 1. The Morgan fingerprint density at radius 3 is 2.50 bits per heavy atom. The monoisotopic (exact) mass is 446 g/mol. The Bertz CT molecular complexity index is 956. The lowest BCUT2D eigenvalue weighted by atomic mass is 9.77. The second-order valence-electron chi connectivity index (χ2n) is 8.82. The fourth-order valence-electron chi connectivity index (χ4n) is 4.79. The number of fused-ring (bicyclic) bond motifs is 1. The Kier molecular flexibility index (Phi) is 6.90. The van der Waals surface area contributed by atoms with Crippen molar-refractivity contribution in [1.29, 1.82) is 0 Å². The quantitative estimate of drug-likeness (QED) is 0.310. The average Bonchev–Trinajstić information content (AvgIpc) is 2.93. The summed E-state index contributed by atoms with van der Waals surface area (Å²) in [5.41, 5.74) is 1.38. The Labute approximate surface area is 186 Å². The van der Waals surface area contributed by atoms with Crippen molar-refractivity contribution in [3.63, 3.8) is 0 Å². The fourth-order valence-corrected chi connectivity index (χ4v) is 4.79. The van der Waals surface area contributed by atoms with Crippen molar-refractivity contribution in [1.82, 2.24) is 9.80 Å². The third-order valence-electron chi connectivity index (χ3n) is 6.37. The molecule has 174 valence electrons. The number of Topliss-reactive ketones (excluding diaryl/α,β-unsaturated/α-hetero) is 1. The van der Waals surface area contributed by atoms with E-state index in [2.05, 4.69) is 0 Å². The standard InChI is InChI=1S/C23H30N2O7/c1-12-16(21(23(31)32)25-20(12)19(13(2)26)22(25)30)11-24(3)10-15(27)6-4-5-14-7-8-17(28)18(29)9-14/h7-9,12-13,19-20,26,28-29H,4-6,10-11H2,1-3H3,(H,31,32)/t12-,13+,19+,20+/m0/s1. The summed E-state index contributed by atoms with van der Waals surface area (Å²) in [4.78, 5) is 39.7. The minimum atomic E-state index is -1.18. The molecule has 1 aromatic carbocycles. The zero-order valence-electron chi connectivity index (χ0n) is 18.5. The molecule has 9 heteroatoms. The Balaban J connectivity index is 1.57. The number of nitrogens with zero attached hydrogens (tertiary/aromatic N) is 2. The maximum atomic E-state index is 12.4. The fraction of sp³-hybridized carbons (Fsp3) is 0.522. The van der Waals surface area contributed by atoms with Crippen LogP contribution >= 0.6 is 0 Å². The van der Waals surface area contributed by atoms with Gasteiger partial charge in [0.05, 0.1) is 24.6 Å². The summed E-state index contributed by atoms with van der Waals surface area (Å²) in [6.07, 6.45) is 0.629. The van der Waals surface area contributed by atoms with Gasteiger partial charge in [0.25, 0.3) is 0 Å². The number of amides is 1. The van der Waals surface area contributed by atoms with E-state index in [9.17, 15) is 34.8 Å². The van der Waals surface area contributed by atoms with Crippen molar-refractivity contribution < 1.29 is 34.8 Å². The molecule has 1 aromatic rings. The number of benzene rings is 1. The molecule has 1 amide bonds. The van der Waals surface area contributed by atoms with Crippen molar-refractivity contribution in [3.8, 4) is 11.5 Å². The van der Waals surface area contributed by atoms with Crippen LogP contribution in [0.5, 0.6) is 11.5 Å². The molecule has 0 unspecified atom stereocenters. The number of ketones is 1. The van der Waals surface area contributed by atoms with E-state index in [0.29, 0.717) is 24.8 Å². The van der Waals surface area contributed by atoms with Crippen LogP contribution in [0.15, 0.2) is 29.5 Å². The Morgan fingerprint density at radius 2 is 1.91 bits per heavy atom. The van der Waals surface area contributed by atoms with Gasteiger partial charge >= 0.3 is 5.97 Å². The summed E-state index contributed by atoms with van der Waals surface area (Å²) in [6.45, 7) is 3.78. The van der Waals surface area contributed by atoms with Crippen molar-refractivity contribution in [2.75, 3.05) is 20.1 Å². The summed E-state index contributed by atoms with van der Waals surface area (Å²) < 4.78 is 0. The molecule has 2 aliphatic rings. The third kappa shape index (κ3) is 4.49. The molecule has 2 heterocycles. The maximum absolute atomic E-state index is 12.4. The van der Waals surface area contributed by atoms with Gasteiger partial charge in [0.15, 0.2) is 11.5 Å². The summed E-state index contributed by atoms with van der Waals surface area (Å²) in [7, 11) is 1.73. The highest BCUT2D eigenvalue weighted by molar-refractivity contribution is 6.00. The van der Waals surface area contributed by atoms with E-state index in [0.717, 1.165) is 5.56 Å². The number of aryl methyl sites for hydroxylation is 1. The van der Waals surface area contributed by atoms with Crippen molar-refractivity contribution >= 4 is 17.7 Å². The minimum absolute atomic E-state index is 0.000151. The number of hydrogen-bond donors (Lipinski definition) is 4. The van der Waals surface area contributed by atoms with Crippen LogP contribution in [-0.2, 0) is 20.8 Å². The van der Waals surface area contributed by atoms with Crippen LogP contribution in [0.3, 0.4) is 0 Å². The number of aliphatic hydroxyl groups is 1. The van der Waals surface area contributed by atoms with Crippen LogP contribution in [0.1, 0.15) is 32.3 Å². The molecule has 9 nitrogen and oxygen atoms in total. The molecule has 2 aliphatic heterocycles. The van der Waals surface area contributed by atoms with E-state index in [-0.39, 0.29) is 53.9 Å². The van der Waals surface area contributed by atoms with Gasteiger partial charge in [0.2, 0.25) is 5.91 Å². The lowest BCUT2D eigenvalue weighted by molar-refractivity contribution is -0.163. The van der Waals surface area contributed by atoms with Gasteiger partial charge in [-0.2, -0.15) is 0 Å².